The van der Waals surface area contributed by atoms with Crippen LogP contribution in [0.1, 0.15) is 37.7 Å². The fourth-order valence-electron chi connectivity index (χ4n) is 3.86. The molecule has 3 heterocycles. The third-order valence-corrected chi connectivity index (χ3v) is 7.13. The molecule has 4 nitrogen and oxygen atoms in total. The number of hydrogen-bond acceptors (Lipinski definition) is 3. The van der Waals surface area contributed by atoms with Gasteiger partial charge in [-0.05, 0) is 49.4 Å². The Hall–Kier alpha value is -1.46. The SMILES string of the molecule is O=S1C2CCCC1CC(O)(c1ccc(-n3cccn3)cc1)C2. The molecule has 2 aliphatic rings. The highest BCUT2D eigenvalue weighted by molar-refractivity contribution is 7.86. The standard InChI is InChI=1S/C17H20N2O2S/c20-17(11-15-3-1-4-16(12-17)22(15)21)13-5-7-14(8-6-13)19-10-2-9-18-19/h2,5-10,15-16,20H,1,3-4,11-12H2. The molecule has 0 radical (unpaired) electrons. The van der Waals surface area contributed by atoms with Crippen molar-refractivity contribution in [3.8, 4) is 5.69 Å². The zero-order valence-electron chi connectivity index (χ0n) is 12.4. The average Bonchev–Trinajstić information content (AvgIpc) is 3.04. The number of aliphatic hydroxyl groups is 1. The predicted octanol–water partition coefficient (Wildman–Crippen LogP) is 2.52. The number of rotatable bonds is 2. The van der Waals surface area contributed by atoms with E-state index in [1.807, 2.05) is 36.5 Å². The molecule has 1 aromatic heterocycles. The maximum absolute atomic E-state index is 12.3. The molecule has 4 rings (SSSR count). The molecule has 2 bridgehead atoms. The zero-order chi connectivity index (χ0) is 15.2. The first-order chi connectivity index (χ1) is 10.7. The second-order valence-electron chi connectivity index (χ2n) is 6.44. The van der Waals surface area contributed by atoms with Crippen LogP contribution in [-0.2, 0) is 16.4 Å². The largest absolute Gasteiger partial charge is 0.385 e. The Morgan fingerprint density at radius 2 is 1.86 bits per heavy atom. The highest BCUT2D eigenvalue weighted by atomic mass is 32.2. The van der Waals surface area contributed by atoms with Crippen molar-refractivity contribution < 1.29 is 9.32 Å². The molecule has 22 heavy (non-hydrogen) atoms. The summed E-state index contributed by atoms with van der Waals surface area (Å²) in [5.74, 6) is 0. The van der Waals surface area contributed by atoms with Gasteiger partial charge in [0.05, 0.1) is 11.3 Å². The number of nitrogens with zero attached hydrogens (tertiary/aromatic N) is 2. The van der Waals surface area contributed by atoms with Crippen LogP contribution in [0, 0.1) is 0 Å². The molecular formula is C17H20N2O2S. The summed E-state index contributed by atoms with van der Waals surface area (Å²) in [6, 6.07) is 9.84. The van der Waals surface area contributed by atoms with Crippen LogP contribution in [0.5, 0.6) is 0 Å². The monoisotopic (exact) mass is 316 g/mol. The molecule has 2 saturated heterocycles. The van der Waals surface area contributed by atoms with Crippen molar-refractivity contribution >= 4 is 10.8 Å². The van der Waals surface area contributed by atoms with Crippen molar-refractivity contribution in [2.24, 2.45) is 0 Å². The molecule has 2 unspecified atom stereocenters. The summed E-state index contributed by atoms with van der Waals surface area (Å²) in [5, 5.41) is 15.7. The minimum atomic E-state index is -0.827. The van der Waals surface area contributed by atoms with Gasteiger partial charge >= 0.3 is 0 Å². The van der Waals surface area contributed by atoms with Crippen LogP contribution < -0.4 is 0 Å². The third-order valence-electron chi connectivity index (χ3n) is 5.01. The summed E-state index contributed by atoms with van der Waals surface area (Å²) in [4.78, 5) is 0. The van der Waals surface area contributed by atoms with E-state index in [4.69, 9.17) is 0 Å². The van der Waals surface area contributed by atoms with E-state index >= 15 is 0 Å². The fourth-order valence-corrected chi connectivity index (χ4v) is 6.09. The molecule has 2 aromatic rings. The van der Waals surface area contributed by atoms with Gasteiger partial charge < -0.3 is 5.11 Å². The lowest BCUT2D eigenvalue weighted by Gasteiger charge is -2.43. The van der Waals surface area contributed by atoms with Gasteiger partial charge in [0.2, 0.25) is 0 Å². The number of fused-ring (bicyclic) bond motifs is 2. The number of aromatic nitrogens is 2. The van der Waals surface area contributed by atoms with E-state index in [2.05, 4.69) is 5.10 Å². The van der Waals surface area contributed by atoms with E-state index in [0.717, 1.165) is 30.5 Å². The molecule has 1 aromatic carbocycles. The molecule has 5 heteroatoms. The van der Waals surface area contributed by atoms with Crippen molar-refractivity contribution in [2.45, 2.75) is 48.2 Å². The van der Waals surface area contributed by atoms with E-state index in [9.17, 15) is 9.32 Å². The Morgan fingerprint density at radius 3 is 2.45 bits per heavy atom. The molecule has 0 aliphatic carbocycles. The van der Waals surface area contributed by atoms with E-state index in [1.165, 1.54) is 0 Å². The van der Waals surface area contributed by atoms with Gasteiger partial charge in [-0.25, -0.2) is 4.68 Å². The van der Waals surface area contributed by atoms with Gasteiger partial charge in [-0.1, -0.05) is 18.6 Å². The smallest absolute Gasteiger partial charge is 0.0919 e. The molecule has 2 fully saturated rings. The Morgan fingerprint density at radius 1 is 1.18 bits per heavy atom. The normalized spacial score (nSPS) is 34.5. The molecule has 1 N–H and O–H groups in total. The highest BCUT2D eigenvalue weighted by Crippen LogP contribution is 2.44. The van der Waals surface area contributed by atoms with Crippen LogP contribution in [0.15, 0.2) is 42.7 Å². The van der Waals surface area contributed by atoms with Crippen LogP contribution in [0.25, 0.3) is 5.69 Å². The first-order valence-electron chi connectivity index (χ1n) is 7.88. The van der Waals surface area contributed by atoms with Gasteiger partial charge in [0.1, 0.15) is 0 Å². The Balaban J connectivity index is 1.62. The summed E-state index contributed by atoms with van der Waals surface area (Å²) in [6.07, 6.45) is 8.01. The van der Waals surface area contributed by atoms with Gasteiger partial charge in [-0.3, -0.25) is 4.21 Å². The second-order valence-corrected chi connectivity index (χ2v) is 8.43. The highest BCUT2D eigenvalue weighted by Gasteiger charge is 2.46. The van der Waals surface area contributed by atoms with Crippen LogP contribution in [0.4, 0.5) is 0 Å². The van der Waals surface area contributed by atoms with Crippen molar-refractivity contribution in [1.82, 2.24) is 9.78 Å². The van der Waals surface area contributed by atoms with E-state index in [1.54, 1.807) is 10.9 Å². The quantitative estimate of drug-likeness (QED) is 0.926. The molecule has 0 saturated carbocycles. The molecule has 0 amide bonds. The topological polar surface area (TPSA) is 55.1 Å². The van der Waals surface area contributed by atoms with Crippen LogP contribution in [-0.4, -0.2) is 29.6 Å². The Labute approximate surface area is 132 Å². The summed E-state index contributed by atoms with van der Waals surface area (Å²) in [5.41, 5.74) is 1.10. The molecule has 2 atom stereocenters. The lowest BCUT2D eigenvalue weighted by atomic mass is 9.80. The van der Waals surface area contributed by atoms with Crippen molar-refractivity contribution in [2.75, 3.05) is 0 Å². The first kappa shape index (κ1) is 14.2. The van der Waals surface area contributed by atoms with Crippen molar-refractivity contribution in [3.05, 3.63) is 48.3 Å². The summed E-state index contributed by atoms with van der Waals surface area (Å²) >= 11 is 0. The zero-order valence-corrected chi connectivity index (χ0v) is 13.2. The molecule has 0 spiro atoms. The van der Waals surface area contributed by atoms with Gasteiger partial charge in [-0.15, -0.1) is 0 Å². The van der Waals surface area contributed by atoms with Gasteiger partial charge in [-0.2, -0.15) is 5.10 Å². The number of hydrogen-bond donors (Lipinski definition) is 1. The maximum atomic E-state index is 12.3. The summed E-state index contributed by atoms with van der Waals surface area (Å²) in [7, 11) is -0.759. The van der Waals surface area contributed by atoms with Gasteiger partial charge in [0, 0.05) is 33.7 Å². The van der Waals surface area contributed by atoms with Crippen molar-refractivity contribution in [3.63, 3.8) is 0 Å². The maximum Gasteiger partial charge on any atom is 0.0919 e. The minimum Gasteiger partial charge on any atom is -0.385 e. The molecule has 2 aliphatic heterocycles. The Bertz CT molecular complexity index is 665. The van der Waals surface area contributed by atoms with E-state index in [-0.39, 0.29) is 10.5 Å². The molecular weight excluding hydrogens is 296 g/mol. The van der Waals surface area contributed by atoms with Gasteiger partial charge in [0.25, 0.3) is 0 Å². The van der Waals surface area contributed by atoms with E-state index < -0.39 is 16.4 Å². The predicted molar refractivity (Wildman–Crippen MR) is 86.3 cm³/mol. The lowest BCUT2D eigenvalue weighted by Crippen LogP contribution is -2.47. The van der Waals surface area contributed by atoms with Crippen LogP contribution in [0.3, 0.4) is 0 Å². The lowest BCUT2D eigenvalue weighted by molar-refractivity contribution is 0.00654. The second kappa shape index (κ2) is 5.32. The Kier molecular flexibility index (Phi) is 3.42. The average molecular weight is 316 g/mol. The van der Waals surface area contributed by atoms with Crippen LogP contribution >= 0.6 is 0 Å². The summed E-state index contributed by atoms with van der Waals surface area (Å²) < 4.78 is 14.1. The summed E-state index contributed by atoms with van der Waals surface area (Å²) in [6.45, 7) is 0. The minimum absolute atomic E-state index is 0.156. The van der Waals surface area contributed by atoms with Crippen LogP contribution in [0.2, 0.25) is 0 Å². The van der Waals surface area contributed by atoms with Gasteiger partial charge in [0.15, 0.2) is 0 Å². The van der Waals surface area contributed by atoms with Crippen molar-refractivity contribution in [1.29, 1.82) is 0 Å². The first-order valence-corrected chi connectivity index (χ1v) is 9.16. The van der Waals surface area contributed by atoms with E-state index in [0.29, 0.717) is 12.8 Å². The number of benzene rings is 1. The third kappa shape index (κ3) is 2.32. The fraction of sp³-hybridized carbons (Fsp3) is 0.471. The molecule has 116 valence electrons.